The number of nitrogens with zero attached hydrogens (tertiary/aromatic N) is 3. The normalized spacial score (nSPS) is 15.0. The monoisotopic (exact) mass is 340 g/mol. The Labute approximate surface area is 145 Å². The van der Waals surface area contributed by atoms with Crippen LogP contribution in [0.3, 0.4) is 0 Å². The molecule has 0 saturated carbocycles. The number of amides is 2. The number of benzene rings is 1. The summed E-state index contributed by atoms with van der Waals surface area (Å²) in [5.41, 5.74) is 1.21. The zero-order valence-corrected chi connectivity index (χ0v) is 13.8. The lowest BCUT2D eigenvalue weighted by molar-refractivity contribution is 0.0694. The van der Waals surface area contributed by atoms with Crippen LogP contribution in [0.25, 0.3) is 0 Å². The Morgan fingerprint density at radius 1 is 1.12 bits per heavy atom. The number of hydrogen-bond donors (Lipinski definition) is 2. The van der Waals surface area contributed by atoms with Crippen molar-refractivity contribution in [1.82, 2.24) is 20.2 Å². The lowest BCUT2D eigenvalue weighted by Crippen LogP contribution is -2.44. The summed E-state index contributed by atoms with van der Waals surface area (Å²) in [5, 5.41) is 12.1. The van der Waals surface area contributed by atoms with Crippen molar-refractivity contribution in [2.45, 2.75) is 25.3 Å². The molecule has 1 fully saturated rings. The molecule has 2 N–H and O–H groups in total. The first-order valence-corrected chi connectivity index (χ1v) is 8.26. The van der Waals surface area contributed by atoms with Crippen LogP contribution in [-0.2, 0) is 6.54 Å². The predicted molar refractivity (Wildman–Crippen MR) is 91.2 cm³/mol. The van der Waals surface area contributed by atoms with Gasteiger partial charge in [-0.1, -0.05) is 18.2 Å². The molecule has 0 unspecified atom stereocenters. The standard InChI is InChI=1S/C18H20N4O3/c23-17(24)15-5-2-1-4-14(15)13-6-10-22(11-7-13)18(25)21-12-16-19-8-3-9-20-16/h1-5,8-9,13H,6-7,10-12H2,(H,21,25)(H,23,24). The van der Waals surface area contributed by atoms with E-state index >= 15 is 0 Å². The fraction of sp³-hybridized carbons (Fsp3) is 0.333. The Kier molecular flexibility index (Phi) is 5.23. The molecule has 2 amide bonds. The van der Waals surface area contributed by atoms with E-state index in [1.54, 1.807) is 35.5 Å². The summed E-state index contributed by atoms with van der Waals surface area (Å²) < 4.78 is 0. The molecule has 1 aliphatic heterocycles. The van der Waals surface area contributed by atoms with Crippen LogP contribution in [0, 0.1) is 0 Å². The smallest absolute Gasteiger partial charge is 0.335 e. The summed E-state index contributed by atoms with van der Waals surface area (Å²) in [5.74, 6) is -0.173. The second-order valence-corrected chi connectivity index (χ2v) is 5.98. The van der Waals surface area contributed by atoms with Gasteiger partial charge in [0.1, 0.15) is 5.82 Å². The van der Waals surface area contributed by atoms with Gasteiger partial charge in [0.25, 0.3) is 0 Å². The van der Waals surface area contributed by atoms with E-state index in [1.807, 2.05) is 12.1 Å². The zero-order chi connectivity index (χ0) is 17.6. The van der Waals surface area contributed by atoms with E-state index < -0.39 is 5.97 Å². The summed E-state index contributed by atoms with van der Waals surface area (Å²) in [6, 6.07) is 8.69. The van der Waals surface area contributed by atoms with Crippen LogP contribution < -0.4 is 5.32 Å². The first kappa shape index (κ1) is 16.9. The molecule has 0 radical (unpaired) electrons. The maximum absolute atomic E-state index is 12.3. The number of rotatable bonds is 4. The fourth-order valence-corrected chi connectivity index (χ4v) is 3.13. The SMILES string of the molecule is O=C(O)c1ccccc1C1CCN(C(=O)NCc2ncccn2)CC1. The number of carboxylic acids is 1. The maximum atomic E-state index is 12.3. The van der Waals surface area contributed by atoms with Crippen LogP contribution in [-0.4, -0.2) is 45.1 Å². The lowest BCUT2D eigenvalue weighted by atomic mass is 9.86. The van der Waals surface area contributed by atoms with Gasteiger partial charge in [0.2, 0.25) is 0 Å². The Balaban J connectivity index is 1.55. The highest BCUT2D eigenvalue weighted by Gasteiger charge is 2.26. The minimum absolute atomic E-state index is 0.141. The highest BCUT2D eigenvalue weighted by molar-refractivity contribution is 5.89. The van der Waals surface area contributed by atoms with Gasteiger partial charge in [0, 0.05) is 25.5 Å². The molecular weight excluding hydrogens is 320 g/mol. The van der Waals surface area contributed by atoms with Gasteiger partial charge in [0.15, 0.2) is 0 Å². The average molecular weight is 340 g/mol. The topological polar surface area (TPSA) is 95.4 Å². The minimum Gasteiger partial charge on any atom is -0.478 e. The van der Waals surface area contributed by atoms with Crippen molar-refractivity contribution in [2.75, 3.05) is 13.1 Å². The van der Waals surface area contributed by atoms with Gasteiger partial charge in [-0.15, -0.1) is 0 Å². The third-order valence-corrected chi connectivity index (χ3v) is 4.43. The van der Waals surface area contributed by atoms with E-state index in [-0.39, 0.29) is 11.9 Å². The molecule has 2 aromatic rings. The van der Waals surface area contributed by atoms with E-state index in [0.717, 1.165) is 18.4 Å². The number of carbonyl (C=O) groups is 2. The number of piperidine rings is 1. The molecule has 1 saturated heterocycles. The van der Waals surface area contributed by atoms with Crippen molar-refractivity contribution in [1.29, 1.82) is 0 Å². The summed E-state index contributed by atoms with van der Waals surface area (Å²) in [6.45, 7) is 1.49. The van der Waals surface area contributed by atoms with E-state index in [4.69, 9.17) is 0 Å². The van der Waals surface area contributed by atoms with Crippen molar-refractivity contribution in [2.24, 2.45) is 0 Å². The molecule has 1 aromatic heterocycles. The number of carbonyl (C=O) groups excluding carboxylic acids is 1. The van der Waals surface area contributed by atoms with E-state index in [0.29, 0.717) is 31.0 Å². The summed E-state index contributed by atoms with van der Waals surface area (Å²) in [4.78, 5) is 33.5. The van der Waals surface area contributed by atoms with Gasteiger partial charge in [-0.25, -0.2) is 19.6 Å². The molecule has 25 heavy (non-hydrogen) atoms. The van der Waals surface area contributed by atoms with E-state index in [2.05, 4.69) is 15.3 Å². The van der Waals surface area contributed by atoms with Gasteiger partial charge >= 0.3 is 12.0 Å². The minimum atomic E-state index is -0.904. The Morgan fingerprint density at radius 3 is 2.48 bits per heavy atom. The Hall–Kier alpha value is -2.96. The molecule has 1 aliphatic rings. The third-order valence-electron chi connectivity index (χ3n) is 4.43. The summed E-state index contributed by atoms with van der Waals surface area (Å²) >= 11 is 0. The number of urea groups is 1. The molecule has 1 aromatic carbocycles. The zero-order valence-electron chi connectivity index (χ0n) is 13.8. The number of aromatic carboxylic acids is 1. The van der Waals surface area contributed by atoms with E-state index in [1.165, 1.54) is 0 Å². The predicted octanol–water partition coefficient (Wildman–Crippen LogP) is 2.26. The Bertz CT molecular complexity index is 743. The lowest BCUT2D eigenvalue weighted by Gasteiger charge is -2.32. The molecule has 7 nitrogen and oxygen atoms in total. The first-order valence-electron chi connectivity index (χ1n) is 8.26. The van der Waals surface area contributed by atoms with Crippen molar-refractivity contribution < 1.29 is 14.7 Å². The maximum Gasteiger partial charge on any atom is 0.335 e. The second-order valence-electron chi connectivity index (χ2n) is 5.98. The molecule has 0 atom stereocenters. The molecule has 0 aliphatic carbocycles. The second kappa shape index (κ2) is 7.74. The van der Waals surface area contributed by atoms with Crippen molar-refractivity contribution in [3.05, 3.63) is 59.7 Å². The van der Waals surface area contributed by atoms with Crippen LogP contribution in [0.4, 0.5) is 4.79 Å². The third kappa shape index (κ3) is 4.12. The van der Waals surface area contributed by atoms with Crippen molar-refractivity contribution in [3.8, 4) is 0 Å². The number of nitrogens with one attached hydrogen (secondary N) is 1. The molecule has 0 bridgehead atoms. The van der Waals surface area contributed by atoms with Gasteiger partial charge < -0.3 is 15.3 Å². The highest BCUT2D eigenvalue weighted by Crippen LogP contribution is 2.30. The van der Waals surface area contributed by atoms with Crippen LogP contribution in [0.1, 0.15) is 40.5 Å². The van der Waals surface area contributed by atoms with Gasteiger partial charge in [0.05, 0.1) is 12.1 Å². The van der Waals surface area contributed by atoms with Crippen LogP contribution in [0.15, 0.2) is 42.7 Å². The molecule has 7 heteroatoms. The van der Waals surface area contributed by atoms with Gasteiger partial charge in [-0.3, -0.25) is 0 Å². The van der Waals surface area contributed by atoms with Crippen molar-refractivity contribution in [3.63, 3.8) is 0 Å². The number of aromatic nitrogens is 2. The van der Waals surface area contributed by atoms with Crippen LogP contribution in [0.2, 0.25) is 0 Å². The number of likely N-dealkylation sites (tertiary alicyclic amines) is 1. The van der Waals surface area contributed by atoms with Crippen LogP contribution >= 0.6 is 0 Å². The van der Waals surface area contributed by atoms with Crippen LogP contribution in [0.5, 0.6) is 0 Å². The molecule has 2 heterocycles. The average Bonchev–Trinajstić information content (AvgIpc) is 2.67. The Morgan fingerprint density at radius 2 is 1.80 bits per heavy atom. The molecule has 130 valence electrons. The number of carboxylic acid groups (broad SMARTS) is 1. The van der Waals surface area contributed by atoms with E-state index in [9.17, 15) is 14.7 Å². The molecular formula is C18H20N4O3. The molecule has 3 rings (SSSR count). The quantitative estimate of drug-likeness (QED) is 0.890. The van der Waals surface area contributed by atoms with Crippen molar-refractivity contribution >= 4 is 12.0 Å². The highest BCUT2D eigenvalue weighted by atomic mass is 16.4. The van der Waals surface area contributed by atoms with Gasteiger partial charge in [-0.05, 0) is 36.5 Å². The van der Waals surface area contributed by atoms with Gasteiger partial charge in [-0.2, -0.15) is 0 Å². The first-order chi connectivity index (χ1) is 12.1. The summed E-state index contributed by atoms with van der Waals surface area (Å²) in [6.07, 6.45) is 4.78. The molecule has 0 spiro atoms. The summed E-state index contributed by atoms with van der Waals surface area (Å²) in [7, 11) is 0. The fourth-order valence-electron chi connectivity index (χ4n) is 3.13. The largest absolute Gasteiger partial charge is 0.478 e. The number of hydrogen-bond acceptors (Lipinski definition) is 4.